The Morgan fingerprint density at radius 2 is 0.883 bits per heavy atom. The number of anilines is 8. The Balaban J connectivity index is 0.000000192. The van der Waals surface area contributed by atoms with E-state index in [1.807, 2.05) is 86.5 Å². The fourth-order valence-corrected chi connectivity index (χ4v) is 11.2. The number of amides is 4. The highest BCUT2D eigenvalue weighted by Crippen LogP contribution is 2.42. The minimum atomic E-state index is -4.57. The average Bonchev–Trinajstić information content (AvgIpc) is 0.984. The number of urea groups is 2. The quantitative estimate of drug-likeness (QED) is 0.0493. The van der Waals surface area contributed by atoms with Gasteiger partial charge in [0.05, 0.1) is 56.4 Å². The maximum Gasteiger partial charge on any atom is 0.416 e. The van der Waals surface area contributed by atoms with E-state index >= 15 is 0 Å². The second-order valence-corrected chi connectivity index (χ2v) is 22.2. The first kappa shape index (κ1) is 64.5. The monoisotopic (exact) mass is 1290 g/mol. The van der Waals surface area contributed by atoms with E-state index in [4.69, 9.17) is 9.47 Å². The van der Waals surface area contributed by atoms with Crippen molar-refractivity contribution in [1.82, 2.24) is 49.7 Å². The second-order valence-electron chi connectivity index (χ2n) is 22.2. The van der Waals surface area contributed by atoms with Gasteiger partial charge in [0.25, 0.3) is 0 Å². The topological polar surface area (TPSA) is 241 Å². The number of hydrogen-bond donors (Lipinski definition) is 6. The Morgan fingerprint density at radius 3 is 1.26 bits per heavy atom. The predicted octanol–water partition coefficient (Wildman–Crippen LogP) is 13.4. The standard InChI is InChI=1S/2C33H32F3N9O2/c2*1-37-31-40-19-39-29(43-31)24-9-6-15-38-30(24)47-28-13-11-25(22-7-4-5-8-23(22)28)41-32(46)42-26-17-20(33(34,35)36)10-12-27(26)45(3)21-14-16-44(2)18-21/h2*4-13,15,17,19,21H,14,16,18H2,1-3H3,(H2,41,42,46)(H,37,39,40,43)/t2*21-/m10/s1. The van der Waals surface area contributed by atoms with Crippen molar-refractivity contribution in [1.29, 1.82) is 0 Å². The van der Waals surface area contributed by atoms with Crippen molar-refractivity contribution in [2.75, 3.05) is 110 Å². The van der Waals surface area contributed by atoms with Crippen LogP contribution < -0.4 is 51.2 Å². The van der Waals surface area contributed by atoms with Crippen LogP contribution in [-0.2, 0) is 12.4 Å². The molecule has 28 heteroatoms. The van der Waals surface area contributed by atoms with Gasteiger partial charge in [0.2, 0.25) is 23.7 Å². The second kappa shape index (κ2) is 27.8. The molecule has 0 saturated carbocycles. The Hall–Kier alpha value is -11.0. The van der Waals surface area contributed by atoms with Crippen LogP contribution in [0.3, 0.4) is 0 Å². The molecule has 2 atom stereocenters. The third-order valence-corrected chi connectivity index (χ3v) is 16.0. The highest BCUT2D eigenvalue weighted by molar-refractivity contribution is 6.10. The lowest BCUT2D eigenvalue weighted by Gasteiger charge is -2.29. The number of nitrogens with one attached hydrogen (secondary N) is 6. The van der Waals surface area contributed by atoms with E-state index in [9.17, 15) is 35.9 Å². The van der Waals surface area contributed by atoms with Gasteiger partial charge in [-0.15, -0.1) is 0 Å². The molecule has 6 heterocycles. The number of hydrogen-bond acceptors (Lipinski definition) is 18. The van der Waals surface area contributed by atoms with Gasteiger partial charge in [-0.1, -0.05) is 48.5 Å². The van der Waals surface area contributed by atoms with E-state index in [1.165, 1.54) is 24.8 Å². The third kappa shape index (κ3) is 14.8. The molecule has 22 nitrogen and oxygen atoms in total. The van der Waals surface area contributed by atoms with Crippen LogP contribution in [0, 0.1) is 0 Å². The molecule has 6 N–H and O–H groups in total. The summed E-state index contributed by atoms with van der Waals surface area (Å²) in [4.78, 5) is 69.1. The summed E-state index contributed by atoms with van der Waals surface area (Å²) in [6, 6.07) is 33.9. The number of rotatable bonds is 16. The summed E-state index contributed by atoms with van der Waals surface area (Å²) in [6.07, 6.45) is -1.48. The molecule has 0 spiro atoms. The molecule has 4 amide bonds. The van der Waals surface area contributed by atoms with Crippen LogP contribution in [0.5, 0.6) is 23.3 Å². The number of nitrogens with zero attached hydrogens (tertiary/aromatic N) is 12. The number of benzene rings is 6. The molecule has 0 unspecified atom stereocenters. The maximum atomic E-state index is 13.7. The smallest absolute Gasteiger partial charge is 0.416 e. The largest absolute Gasteiger partial charge is 0.438 e. The molecule has 12 rings (SSSR count). The molecular weight excluding hydrogens is 1220 g/mol. The molecule has 2 saturated heterocycles. The maximum absolute atomic E-state index is 13.7. The highest BCUT2D eigenvalue weighted by Gasteiger charge is 2.35. The minimum absolute atomic E-state index is 0.0566. The highest BCUT2D eigenvalue weighted by atomic mass is 19.4. The van der Waals surface area contributed by atoms with Crippen molar-refractivity contribution in [3.63, 3.8) is 0 Å². The molecule has 2 aliphatic rings. The van der Waals surface area contributed by atoms with Gasteiger partial charge in [-0.05, 0) is 125 Å². The molecule has 6 aromatic carbocycles. The van der Waals surface area contributed by atoms with Crippen molar-refractivity contribution < 1.29 is 45.4 Å². The molecule has 10 aromatic rings. The summed E-state index contributed by atoms with van der Waals surface area (Å²) in [5.74, 6) is 2.95. The van der Waals surface area contributed by atoms with Gasteiger partial charge < -0.3 is 61.0 Å². The Kier molecular flexibility index (Phi) is 19.1. The van der Waals surface area contributed by atoms with Crippen LogP contribution in [0.15, 0.2) is 159 Å². The summed E-state index contributed by atoms with van der Waals surface area (Å²) in [6.45, 7) is 3.27. The summed E-state index contributed by atoms with van der Waals surface area (Å²) >= 11 is 0. The molecule has 2 aliphatic heterocycles. The molecule has 94 heavy (non-hydrogen) atoms. The lowest BCUT2D eigenvalue weighted by molar-refractivity contribution is -0.138. The SMILES string of the molecule is CNc1ncnc(-c2cccnc2Oc2ccc(NC(=O)Nc3cc(C(F)(F)F)ccc3N(C)[C@@H]3CCN(C)C3)c3ccccc23)n1.CNc1ncnc(-c2cccnc2Oc2ccc(NC(=O)Nc3cc(C(F)(F)F)ccc3N(C)[C@H]3CCN(C)C3)c3ccccc23)n1. The minimum Gasteiger partial charge on any atom is -0.438 e. The lowest BCUT2D eigenvalue weighted by Crippen LogP contribution is -2.34. The molecule has 484 valence electrons. The van der Waals surface area contributed by atoms with Gasteiger partial charge in [-0.2, -0.15) is 36.3 Å². The zero-order valence-corrected chi connectivity index (χ0v) is 51.7. The number of likely N-dealkylation sites (N-methyl/N-ethyl adjacent to an activating group) is 4. The zero-order chi connectivity index (χ0) is 66.3. The number of aromatic nitrogens is 8. The summed E-state index contributed by atoms with van der Waals surface area (Å²) < 4.78 is 94.7. The van der Waals surface area contributed by atoms with E-state index in [0.717, 1.165) is 63.3 Å². The molecule has 0 radical (unpaired) electrons. The van der Waals surface area contributed by atoms with E-state index in [2.05, 4.69) is 81.6 Å². The third-order valence-electron chi connectivity index (χ3n) is 16.0. The Labute approximate surface area is 535 Å². The molecule has 2 fully saturated rings. The normalized spacial score (nSPS) is 15.0. The molecule has 4 aromatic heterocycles. The fourth-order valence-electron chi connectivity index (χ4n) is 11.2. The first-order chi connectivity index (χ1) is 45.2. The van der Waals surface area contributed by atoms with Gasteiger partial charge in [-0.3, -0.25) is 0 Å². The number of fused-ring (bicyclic) bond motifs is 2. The number of halogens is 6. The van der Waals surface area contributed by atoms with Crippen LogP contribution in [0.4, 0.5) is 82.0 Å². The summed E-state index contributed by atoms with van der Waals surface area (Å²) in [5, 5.41) is 19.3. The first-order valence-corrected chi connectivity index (χ1v) is 29.7. The van der Waals surface area contributed by atoms with Gasteiger partial charge in [0.1, 0.15) is 24.2 Å². The van der Waals surface area contributed by atoms with Crippen molar-refractivity contribution in [3.05, 3.63) is 170 Å². The molecule has 0 aliphatic carbocycles. The van der Waals surface area contributed by atoms with Crippen LogP contribution in [0.1, 0.15) is 24.0 Å². The van der Waals surface area contributed by atoms with Crippen molar-refractivity contribution >= 4 is 79.6 Å². The Morgan fingerprint density at radius 1 is 0.489 bits per heavy atom. The van der Waals surface area contributed by atoms with Crippen LogP contribution in [-0.4, -0.2) is 142 Å². The van der Waals surface area contributed by atoms with Crippen molar-refractivity contribution in [2.45, 2.75) is 37.3 Å². The molecular formula is C66H64F6N18O4. The van der Waals surface area contributed by atoms with E-state index in [-0.39, 0.29) is 35.2 Å². The van der Waals surface area contributed by atoms with Crippen LogP contribution in [0.25, 0.3) is 44.3 Å². The van der Waals surface area contributed by atoms with Crippen molar-refractivity contribution in [3.8, 4) is 46.0 Å². The summed E-state index contributed by atoms with van der Waals surface area (Å²) in [7, 11) is 11.1. The van der Waals surface area contributed by atoms with Gasteiger partial charge >= 0.3 is 24.4 Å². The van der Waals surface area contributed by atoms with Crippen molar-refractivity contribution in [2.24, 2.45) is 0 Å². The number of alkyl halides is 6. The van der Waals surface area contributed by atoms with E-state index in [0.29, 0.717) is 90.5 Å². The summed E-state index contributed by atoms with van der Waals surface area (Å²) in [5.41, 5.74) is 1.35. The van der Waals surface area contributed by atoms with Gasteiger partial charge in [-0.25, -0.2) is 39.5 Å². The first-order valence-electron chi connectivity index (χ1n) is 29.7. The average molecular weight is 1290 g/mol. The number of ether oxygens (including phenoxy) is 2. The number of pyridine rings is 2. The Bertz CT molecular complexity index is 4120. The number of likely N-dealkylation sites (tertiary alicyclic amines) is 2. The van der Waals surface area contributed by atoms with Gasteiger partial charge in [0.15, 0.2) is 11.6 Å². The molecule has 0 bridgehead atoms. The number of carbonyl (C=O) groups is 2. The van der Waals surface area contributed by atoms with Crippen LogP contribution in [0.2, 0.25) is 0 Å². The fraction of sp³-hybridized carbons (Fsp3) is 0.242. The zero-order valence-electron chi connectivity index (χ0n) is 51.7. The van der Waals surface area contributed by atoms with Crippen LogP contribution >= 0.6 is 0 Å². The predicted molar refractivity (Wildman–Crippen MR) is 350 cm³/mol. The number of carbonyl (C=O) groups excluding carboxylic acids is 2. The lowest BCUT2D eigenvalue weighted by atomic mass is 10.1. The van der Waals surface area contributed by atoms with E-state index in [1.54, 1.807) is 75.0 Å². The van der Waals surface area contributed by atoms with E-state index < -0.39 is 35.5 Å². The van der Waals surface area contributed by atoms with Gasteiger partial charge in [0, 0.05) is 87.3 Å².